The Balaban J connectivity index is 1.86. The molecule has 21 heavy (non-hydrogen) atoms. The number of piperazine rings is 1. The molecule has 0 radical (unpaired) electrons. The summed E-state index contributed by atoms with van der Waals surface area (Å²) in [6.07, 6.45) is 0. The zero-order valence-electron chi connectivity index (χ0n) is 12.5. The Morgan fingerprint density at radius 2 is 1.95 bits per heavy atom. The van der Waals surface area contributed by atoms with Gasteiger partial charge in [0, 0.05) is 36.9 Å². The van der Waals surface area contributed by atoms with Crippen LogP contribution in [-0.2, 0) is 4.79 Å². The van der Waals surface area contributed by atoms with Gasteiger partial charge in [0.05, 0.1) is 6.54 Å². The maximum atomic E-state index is 12.2. The lowest BCUT2D eigenvalue weighted by atomic mass is 10.2. The van der Waals surface area contributed by atoms with Crippen molar-refractivity contribution in [3.05, 3.63) is 29.8 Å². The van der Waals surface area contributed by atoms with E-state index in [1.807, 2.05) is 18.9 Å². The van der Waals surface area contributed by atoms with Crippen molar-refractivity contribution in [2.75, 3.05) is 39.0 Å². The highest BCUT2D eigenvalue weighted by Gasteiger charge is 2.25. The Bertz CT molecular complexity index is 515. The first kappa shape index (κ1) is 15.3. The summed E-state index contributed by atoms with van der Waals surface area (Å²) >= 11 is 0. The van der Waals surface area contributed by atoms with Crippen LogP contribution in [0.1, 0.15) is 17.3 Å². The van der Waals surface area contributed by atoms with Crippen LogP contribution in [0.2, 0.25) is 0 Å². The van der Waals surface area contributed by atoms with E-state index in [0.717, 1.165) is 13.1 Å². The van der Waals surface area contributed by atoms with Crippen LogP contribution in [0.3, 0.4) is 0 Å². The fraction of sp³-hybridized carbons (Fsp3) is 0.467. The van der Waals surface area contributed by atoms with Crippen molar-refractivity contribution in [2.24, 2.45) is 0 Å². The Morgan fingerprint density at radius 3 is 2.57 bits per heavy atom. The molecule has 1 unspecified atom stereocenters. The quantitative estimate of drug-likeness (QED) is 0.777. The van der Waals surface area contributed by atoms with Crippen LogP contribution in [0.4, 0.5) is 5.69 Å². The minimum absolute atomic E-state index is 0.0251. The van der Waals surface area contributed by atoms with Gasteiger partial charge in [-0.15, -0.1) is 0 Å². The molecule has 114 valence electrons. The van der Waals surface area contributed by atoms with E-state index in [0.29, 0.717) is 17.8 Å². The van der Waals surface area contributed by atoms with E-state index in [9.17, 15) is 9.59 Å². The molecule has 0 spiro atoms. The summed E-state index contributed by atoms with van der Waals surface area (Å²) in [6, 6.07) is 6.80. The predicted octanol–water partition coefficient (Wildman–Crippen LogP) is 0.161. The SMILES string of the molecule is CC1CN(C)CCN1C(=O)CNC(=O)c1ccc(N)cc1. The molecule has 0 bridgehead atoms. The highest BCUT2D eigenvalue weighted by molar-refractivity contribution is 5.96. The summed E-state index contributed by atoms with van der Waals surface area (Å²) in [5.41, 5.74) is 6.69. The third-order valence-electron chi connectivity index (χ3n) is 3.72. The predicted molar refractivity (Wildman–Crippen MR) is 81.9 cm³/mol. The number of hydrogen-bond acceptors (Lipinski definition) is 4. The van der Waals surface area contributed by atoms with Crippen molar-refractivity contribution >= 4 is 17.5 Å². The normalized spacial score (nSPS) is 19.3. The van der Waals surface area contributed by atoms with Crippen molar-refractivity contribution < 1.29 is 9.59 Å². The summed E-state index contributed by atoms with van der Waals surface area (Å²) in [5.74, 6) is -0.301. The molecule has 2 rings (SSSR count). The lowest BCUT2D eigenvalue weighted by molar-refractivity contribution is -0.134. The number of amides is 2. The van der Waals surface area contributed by atoms with Gasteiger partial charge in [0.2, 0.25) is 5.91 Å². The molecule has 2 amide bonds. The molecular formula is C15H22N4O2. The summed E-state index contributed by atoms with van der Waals surface area (Å²) in [7, 11) is 2.04. The molecule has 1 saturated heterocycles. The van der Waals surface area contributed by atoms with Gasteiger partial charge in [0.15, 0.2) is 0 Å². The van der Waals surface area contributed by atoms with Gasteiger partial charge in [-0.1, -0.05) is 0 Å². The largest absolute Gasteiger partial charge is 0.399 e. The highest BCUT2D eigenvalue weighted by Crippen LogP contribution is 2.08. The lowest BCUT2D eigenvalue weighted by Crippen LogP contribution is -2.54. The topological polar surface area (TPSA) is 78.7 Å². The number of nitrogens with two attached hydrogens (primary N) is 1. The van der Waals surface area contributed by atoms with Crippen LogP contribution in [0, 0.1) is 0 Å². The number of benzene rings is 1. The molecule has 0 aromatic heterocycles. The number of rotatable bonds is 3. The summed E-state index contributed by atoms with van der Waals surface area (Å²) in [6.45, 7) is 4.47. The summed E-state index contributed by atoms with van der Waals surface area (Å²) in [4.78, 5) is 28.1. The number of anilines is 1. The van der Waals surface area contributed by atoms with E-state index in [4.69, 9.17) is 5.73 Å². The molecule has 1 aromatic rings. The maximum absolute atomic E-state index is 12.2. The molecule has 1 aliphatic heterocycles. The summed E-state index contributed by atoms with van der Waals surface area (Å²) < 4.78 is 0. The number of hydrogen-bond donors (Lipinski definition) is 2. The van der Waals surface area contributed by atoms with Gasteiger partial charge in [0.1, 0.15) is 0 Å². The van der Waals surface area contributed by atoms with Crippen molar-refractivity contribution in [2.45, 2.75) is 13.0 Å². The van der Waals surface area contributed by atoms with E-state index >= 15 is 0 Å². The Hall–Kier alpha value is -2.08. The number of carbonyl (C=O) groups is 2. The van der Waals surface area contributed by atoms with E-state index in [1.165, 1.54) is 0 Å². The van der Waals surface area contributed by atoms with Crippen LogP contribution in [0.5, 0.6) is 0 Å². The molecule has 6 nitrogen and oxygen atoms in total. The van der Waals surface area contributed by atoms with E-state index in [-0.39, 0.29) is 24.4 Å². The third kappa shape index (κ3) is 3.95. The second-order valence-electron chi connectivity index (χ2n) is 5.50. The van der Waals surface area contributed by atoms with Gasteiger partial charge >= 0.3 is 0 Å². The molecule has 1 heterocycles. The second-order valence-corrected chi connectivity index (χ2v) is 5.50. The number of nitrogens with zero attached hydrogens (tertiary/aromatic N) is 2. The van der Waals surface area contributed by atoms with E-state index in [1.54, 1.807) is 24.3 Å². The van der Waals surface area contributed by atoms with Gasteiger partial charge in [-0.05, 0) is 38.2 Å². The standard InChI is InChI=1S/C15H22N4O2/c1-11-10-18(2)7-8-19(11)14(20)9-17-15(21)12-3-5-13(16)6-4-12/h3-6,11H,7-10,16H2,1-2H3,(H,17,21). The molecule has 1 aliphatic rings. The molecule has 6 heteroatoms. The lowest BCUT2D eigenvalue weighted by Gasteiger charge is -2.38. The number of nitrogen functional groups attached to an aromatic ring is 1. The average molecular weight is 290 g/mol. The molecule has 3 N–H and O–H groups in total. The minimum atomic E-state index is -0.259. The first-order valence-electron chi connectivity index (χ1n) is 7.09. The second kappa shape index (κ2) is 6.58. The fourth-order valence-electron chi connectivity index (χ4n) is 2.50. The molecule has 1 fully saturated rings. The average Bonchev–Trinajstić information content (AvgIpc) is 2.45. The smallest absolute Gasteiger partial charge is 0.251 e. The van der Waals surface area contributed by atoms with Crippen LogP contribution >= 0.6 is 0 Å². The highest BCUT2D eigenvalue weighted by atomic mass is 16.2. The molecule has 1 atom stereocenters. The molecule has 0 aliphatic carbocycles. The van der Waals surface area contributed by atoms with Crippen molar-refractivity contribution in [3.63, 3.8) is 0 Å². The fourth-order valence-corrected chi connectivity index (χ4v) is 2.50. The van der Waals surface area contributed by atoms with Crippen molar-refractivity contribution in [1.29, 1.82) is 0 Å². The third-order valence-corrected chi connectivity index (χ3v) is 3.72. The van der Waals surface area contributed by atoms with Gasteiger partial charge in [0.25, 0.3) is 5.91 Å². The van der Waals surface area contributed by atoms with Gasteiger partial charge in [-0.2, -0.15) is 0 Å². The van der Waals surface area contributed by atoms with Gasteiger partial charge in [-0.25, -0.2) is 0 Å². The number of likely N-dealkylation sites (N-methyl/N-ethyl adjacent to an activating group) is 1. The van der Waals surface area contributed by atoms with Crippen LogP contribution in [0.15, 0.2) is 24.3 Å². The summed E-state index contributed by atoms with van der Waals surface area (Å²) in [5, 5.41) is 2.66. The van der Waals surface area contributed by atoms with Crippen LogP contribution < -0.4 is 11.1 Å². The van der Waals surface area contributed by atoms with Crippen molar-refractivity contribution in [1.82, 2.24) is 15.1 Å². The molecular weight excluding hydrogens is 268 g/mol. The number of nitrogens with one attached hydrogen (secondary N) is 1. The van der Waals surface area contributed by atoms with Crippen molar-refractivity contribution in [3.8, 4) is 0 Å². The van der Waals surface area contributed by atoms with E-state index < -0.39 is 0 Å². The molecule has 0 saturated carbocycles. The van der Waals surface area contributed by atoms with Gasteiger partial charge < -0.3 is 20.9 Å². The maximum Gasteiger partial charge on any atom is 0.251 e. The number of carbonyl (C=O) groups excluding carboxylic acids is 2. The Kier molecular flexibility index (Phi) is 4.80. The first-order chi connectivity index (χ1) is 9.97. The van der Waals surface area contributed by atoms with Gasteiger partial charge in [-0.3, -0.25) is 9.59 Å². The van der Waals surface area contributed by atoms with E-state index in [2.05, 4.69) is 10.2 Å². The monoisotopic (exact) mass is 290 g/mol. The van der Waals surface area contributed by atoms with Crippen LogP contribution in [-0.4, -0.2) is 60.9 Å². The molecule has 1 aromatic carbocycles. The minimum Gasteiger partial charge on any atom is -0.399 e. The first-order valence-corrected chi connectivity index (χ1v) is 7.09. The Morgan fingerprint density at radius 1 is 1.29 bits per heavy atom. The van der Waals surface area contributed by atoms with Crippen LogP contribution in [0.25, 0.3) is 0 Å². The zero-order chi connectivity index (χ0) is 15.4. The Labute approximate surface area is 124 Å². The zero-order valence-corrected chi connectivity index (χ0v) is 12.5.